The lowest BCUT2D eigenvalue weighted by atomic mass is 9.91. The Morgan fingerprint density at radius 2 is 2.15 bits per heavy atom. The first-order valence-electron chi connectivity index (χ1n) is 7.89. The minimum atomic E-state index is 0.639. The lowest BCUT2D eigenvalue weighted by molar-refractivity contribution is 0.363. The normalized spacial score (nSPS) is 23.1. The third-order valence-electron chi connectivity index (χ3n) is 4.48. The molecule has 3 heteroatoms. The van der Waals surface area contributed by atoms with E-state index in [1.807, 2.05) is 0 Å². The first kappa shape index (κ1) is 15.8. The fraction of sp³-hybridized carbons (Fsp3) is 0.647. The van der Waals surface area contributed by atoms with Gasteiger partial charge in [0, 0.05) is 29.3 Å². The van der Waals surface area contributed by atoms with Gasteiger partial charge in [-0.1, -0.05) is 35.8 Å². The van der Waals surface area contributed by atoms with Gasteiger partial charge in [-0.3, -0.25) is 0 Å². The van der Waals surface area contributed by atoms with E-state index >= 15 is 0 Å². The molecule has 2 atom stereocenters. The third-order valence-corrected chi connectivity index (χ3v) is 5.22. The first-order valence-corrected chi connectivity index (χ1v) is 8.68. The van der Waals surface area contributed by atoms with Crippen LogP contribution in [-0.2, 0) is 6.54 Å². The minimum Gasteiger partial charge on any atom is -0.369 e. The van der Waals surface area contributed by atoms with Crippen LogP contribution in [0, 0.1) is 5.92 Å². The largest absolute Gasteiger partial charge is 0.369 e. The van der Waals surface area contributed by atoms with Crippen molar-refractivity contribution < 1.29 is 0 Å². The zero-order chi connectivity index (χ0) is 14.5. The van der Waals surface area contributed by atoms with Gasteiger partial charge >= 0.3 is 0 Å². The highest BCUT2D eigenvalue weighted by atomic mass is 79.9. The second-order valence-corrected chi connectivity index (χ2v) is 6.86. The highest BCUT2D eigenvalue weighted by Crippen LogP contribution is 2.31. The molecule has 0 amide bonds. The maximum absolute atomic E-state index is 3.73. The van der Waals surface area contributed by atoms with E-state index in [1.165, 1.54) is 41.5 Å². The van der Waals surface area contributed by atoms with Gasteiger partial charge in [0.15, 0.2) is 0 Å². The van der Waals surface area contributed by atoms with Gasteiger partial charge in [-0.05, 0) is 56.3 Å². The molecule has 0 aromatic heterocycles. The van der Waals surface area contributed by atoms with E-state index in [4.69, 9.17) is 0 Å². The second kappa shape index (κ2) is 7.46. The number of nitrogens with zero attached hydrogens (tertiary/aromatic N) is 1. The van der Waals surface area contributed by atoms with Crippen LogP contribution in [0.3, 0.4) is 0 Å². The van der Waals surface area contributed by atoms with Crippen LogP contribution in [0.25, 0.3) is 0 Å². The summed E-state index contributed by atoms with van der Waals surface area (Å²) in [6.45, 7) is 10.1. The van der Waals surface area contributed by atoms with Crippen molar-refractivity contribution >= 4 is 21.6 Å². The van der Waals surface area contributed by atoms with Crippen LogP contribution in [0.4, 0.5) is 5.69 Å². The van der Waals surface area contributed by atoms with Crippen molar-refractivity contribution in [3.63, 3.8) is 0 Å². The molecule has 2 rings (SSSR count). The number of hydrogen-bond acceptors (Lipinski definition) is 2. The van der Waals surface area contributed by atoms with E-state index in [0.29, 0.717) is 6.04 Å². The number of nitrogens with one attached hydrogen (secondary N) is 1. The summed E-state index contributed by atoms with van der Waals surface area (Å²) in [6, 6.07) is 7.47. The number of anilines is 1. The SMILES string of the molecule is CCCNCc1ccc(N2CCCC(C)C2C)cc1Br. The van der Waals surface area contributed by atoms with E-state index < -0.39 is 0 Å². The van der Waals surface area contributed by atoms with Crippen LogP contribution < -0.4 is 10.2 Å². The van der Waals surface area contributed by atoms with Crippen molar-refractivity contribution in [1.29, 1.82) is 0 Å². The summed E-state index contributed by atoms with van der Waals surface area (Å²) >= 11 is 3.73. The van der Waals surface area contributed by atoms with E-state index in [-0.39, 0.29) is 0 Å². The lowest BCUT2D eigenvalue weighted by Crippen LogP contribution is -2.42. The van der Waals surface area contributed by atoms with Crippen molar-refractivity contribution in [3.8, 4) is 0 Å². The number of rotatable bonds is 5. The Bertz CT molecular complexity index is 433. The molecular formula is C17H27BrN2. The number of hydrogen-bond donors (Lipinski definition) is 1. The molecule has 0 spiro atoms. The molecule has 0 radical (unpaired) electrons. The van der Waals surface area contributed by atoms with Gasteiger partial charge in [0.1, 0.15) is 0 Å². The summed E-state index contributed by atoms with van der Waals surface area (Å²) in [6.07, 6.45) is 3.85. The Kier molecular flexibility index (Phi) is 5.91. The summed E-state index contributed by atoms with van der Waals surface area (Å²) in [5.74, 6) is 0.786. The average molecular weight is 339 g/mol. The fourth-order valence-corrected chi connectivity index (χ4v) is 3.46. The highest BCUT2D eigenvalue weighted by molar-refractivity contribution is 9.10. The smallest absolute Gasteiger partial charge is 0.0380 e. The molecule has 1 fully saturated rings. The quantitative estimate of drug-likeness (QED) is 0.791. The molecule has 2 nitrogen and oxygen atoms in total. The summed E-state index contributed by atoms with van der Waals surface area (Å²) < 4.78 is 1.23. The molecule has 20 heavy (non-hydrogen) atoms. The summed E-state index contributed by atoms with van der Waals surface area (Å²) in [5.41, 5.74) is 2.70. The van der Waals surface area contributed by atoms with E-state index in [2.05, 4.69) is 65.1 Å². The summed E-state index contributed by atoms with van der Waals surface area (Å²) in [7, 11) is 0. The van der Waals surface area contributed by atoms with Gasteiger partial charge in [-0.15, -0.1) is 0 Å². The van der Waals surface area contributed by atoms with Gasteiger partial charge in [0.2, 0.25) is 0 Å². The van der Waals surface area contributed by atoms with E-state index in [0.717, 1.165) is 19.0 Å². The van der Waals surface area contributed by atoms with Crippen molar-refractivity contribution in [2.75, 3.05) is 18.0 Å². The monoisotopic (exact) mass is 338 g/mol. The molecule has 0 aliphatic carbocycles. The van der Waals surface area contributed by atoms with Crippen LogP contribution in [-0.4, -0.2) is 19.1 Å². The second-order valence-electron chi connectivity index (χ2n) is 6.01. The molecule has 0 saturated carbocycles. The predicted molar refractivity (Wildman–Crippen MR) is 91.3 cm³/mol. The maximum atomic E-state index is 3.73. The van der Waals surface area contributed by atoms with Gasteiger partial charge in [0.05, 0.1) is 0 Å². The van der Waals surface area contributed by atoms with E-state index in [9.17, 15) is 0 Å². The van der Waals surface area contributed by atoms with Crippen molar-refractivity contribution in [1.82, 2.24) is 5.32 Å². The third kappa shape index (κ3) is 3.76. The van der Waals surface area contributed by atoms with Crippen LogP contribution >= 0.6 is 15.9 Å². The molecule has 1 aliphatic rings. The molecule has 2 unspecified atom stereocenters. The lowest BCUT2D eigenvalue weighted by Gasteiger charge is -2.39. The summed E-state index contributed by atoms with van der Waals surface area (Å²) in [4.78, 5) is 2.56. The molecule has 112 valence electrons. The highest BCUT2D eigenvalue weighted by Gasteiger charge is 2.24. The molecule has 1 saturated heterocycles. The fourth-order valence-electron chi connectivity index (χ4n) is 2.96. The zero-order valence-electron chi connectivity index (χ0n) is 13.0. The Hall–Kier alpha value is -0.540. The first-order chi connectivity index (χ1) is 9.63. The van der Waals surface area contributed by atoms with Gasteiger partial charge in [-0.25, -0.2) is 0 Å². The molecule has 1 aliphatic heterocycles. The van der Waals surface area contributed by atoms with Crippen LogP contribution in [0.1, 0.15) is 45.6 Å². The summed E-state index contributed by atoms with van der Waals surface area (Å²) in [5, 5.41) is 3.46. The van der Waals surface area contributed by atoms with Crippen molar-refractivity contribution in [3.05, 3.63) is 28.2 Å². The van der Waals surface area contributed by atoms with Crippen LogP contribution in [0.5, 0.6) is 0 Å². The van der Waals surface area contributed by atoms with Crippen molar-refractivity contribution in [2.24, 2.45) is 5.92 Å². The van der Waals surface area contributed by atoms with Crippen LogP contribution in [0.2, 0.25) is 0 Å². The standard InChI is InChI=1S/C17H27BrN2/c1-4-9-19-12-15-7-8-16(11-17(15)18)20-10-5-6-13(2)14(20)3/h7-8,11,13-14,19H,4-6,9-10,12H2,1-3H3. The maximum Gasteiger partial charge on any atom is 0.0380 e. The van der Waals surface area contributed by atoms with Gasteiger partial charge in [-0.2, -0.15) is 0 Å². The Morgan fingerprint density at radius 3 is 2.85 bits per heavy atom. The Balaban J connectivity index is 2.08. The van der Waals surface area contributed by atoms with Crippen LogP contribution in [0.15, 0.2) is 22.7 Å². The van der Waals surface area contributed by atoms with E-state index in [1.54, 1.807) is 0 Å². The molecular weight excluding hydrogens is 312 g/mol. The number of piperidine rings is 1. The van der Waals surface area contributed by atoms with Gasteiger partial charge in [0.25, 0.3) is 0 Å². The van der Waals surface area contributed by atoms with Crippen molar-refractivity contribution in [2.45, 2.75) is 52.6 Å². The Labute approximate surface area is 132 Å². The predicted octanol–water partition coefficient (Wildman–Crippen LogP) is 4.57. The number of halogens is 1. The van der Waals surface area contributed by atoms with Gasteiger partial charge < -0.3 is 10.2 Å². The molecule has 1 heterocycles. The minimum absolute atomic E-state index is 0.639. The molecule has 0 bridgehead atoms. The number of benzene rings is 1. The zero-order valence-corrected chi connectivity index (χ0v) is 14.5. The topological polar surface area (TPSA) is 15.3 Å². The molecule has 1 aromatic rings. The molecule has 1 N–H and O–H groups in total. The Morgan fingerprint density at radius 1 is 1.35 bits per heavy atom. The molecule has 1 aromatic carbocycles. The average Bonchev–Trinajstić information content (AvgIpc) is 2.44.